The summed E-state index contributed by atoms with van der Waals surface area (Å²) in [6.07, 6.45) is 3.50. The lowest BCUT2D eigenvalue weighted by molar-refractivity contribution is -0.147. The first-order valence-corrected chi connectivity index (χ1v) is 8.63. The molecule has 0 radical (unpaired) electrons. The van der Waals surface area contributed by atoms with Gasteiger partial charge >= 0.3 is 0 Å². The number of carbonyl (C=O) groups excluding carboxylic acids is 2. The number of amides is 2. The Kier molecular flexibility index (Phi) is 5.31. The SMILES string of the molecule is CC(C)(C)C(=O)N1CCN(C(=O)C2C3CCC(C3)C2N)CC1.Cl. The molecule has 23 heavy (non-hydrogen) atoms. The van der Waals surface area contributed by atoms with Crippen LogP contribution in [0.1, 0.15) is 40.0 Å². The summed E-state index contributed by atoms with van der Waals surface area (Å²) in [5, 5.41) is 0. The Morgan fingerprint density at radius 3 is 1.96 bits per heavy atom. The minimum Gasteiger partial charge on any atom is -0.339 e. The van der Waals surface area contributed by atoms with Crippen molar-refractivity contribution in [2.75, 3.05) is 26.2 Å². The normalized spacial score (nSPS) is 33.6. The van der Waals surface area contributed by atoms with Crippen molar-refractivity contribution in [2.24, 2.45) is 28.9 Å². The number of fused-ring (bicyclic) bond motifs is 2. The standard InChI is InChI=1S/C17H29N3O2.ClH/c1-17(2,3)16(22)20-8-6-19(7-9-20)15(21)13-11-4-5-12(10-11)14(13)18;/h11-14H,4-10,18H2,1-3H3;1H. The average molecular weight is 344 g/mol. The van der Waals surface area contributed by atoms with Crippen molar-refractivity contribution in [2.45, 2.75) is 46.1 Å². The van der Waals surface area contributed by atoms with Crippen LogP contribution in [-0.2, 0) is 9.59 Å². The molecule has 6 heteroatoms. The maximum atomic E-state index is 12.8. The van der Waals surface area contributed by atoms with E-state index in [0.717, 1.165) is 12.8 Å². The number of nitrogens with zero attached hydrogens (tertiary/aromatic N) is 2. The highest BCUT2D eigenvalue weighted by Gasteiger charge is 2.50. The molecule has 132 valence electrons. The molecule has 5 nitrogen and oxygen atoms in total. The Labute approximate surface area is 145 Å². The van der Waals surface area contributed by atoms with Gasteiger partial charge in [0.05, 0.1) is 5.92 Å². The van der Waals surface area contributed by atoms with Gasteiger partial charge in [-0.25, -0.2) is 0 Å². The molecular weight excluding hydrogens is 314 g/mol. The summed E-state index contributed by atoms with van der Waals surface area (Å²) in [6.45, 7) is 8.45. The van der Waals surface area contributed by atoms with Crippen LogP contribution >= 0.6 is 12.4 Å². The summed E-state index contributed by atoms with van der Waals surface area (Å²) in [7, 11) is 0. The van der Waals surface area contributed by atoms with Crippen LogP contribution < -0.4 is 5.73 Å². The predicted octanol–water partition coefficient (Wildman–Crippen LogP) is 1.50. The number of hydrogen-bond acceptors (Lipinski definition) is 3. The fourth-order valence-electron chi connectivity index (χ4n) is 4.52. The first-order chi connectivity index (χ1) is 10.3. The molecule has 3 aliphatic rings. The molecule has 3 fully saturated rings. The van der Waals surface area contributed by atoms with Gasteiger partial charge in [-0.3, -0.25) is 9.59 Å². The molecule has 2 bridgehead atoms. The lowest BCUT2D eigenvalue weighted by Crippen LogP contribution is -2.56. The molecule has 2 amide bonds. The number of rotatable bonds is 1. The van der Waals surface area contributed by atoms with Gasteiger partial charge in [-0.1, -0.05) is 20.8 Å². The van der Waals surface area contributed by atoms with Crippen LogP contribution in [0, 0.1) is 23.2 Å². The molecule has 3 rings (SSSR count). The second kappa shape index (κ2) is 6.60. The van der Waals surface area contributed by atoms with Crippen LogP contribution in [0.15, 0.2) is 0 Å². The highest BCUT2D eigenvalue weighted by Crippen LogP contribution is 2.48. The van der Waals surface area contributed by atoms with Crippen LogP contribution in [0.4, 0.5) is 0 Å². The third-order valence-corrected chi connectivity index (χ3v) is 5.79. The average Bonchev–Trinajstić information content (AvgIpc) is 3.06. The monoisotopic (exact) mass is 343 g/mol. The summed E-state index contributed by atoms with van der Waals surface area (Å²) in [6, 6.07) is 0.0560. The number of nitrogens with two attached hydrogens (primary N) is 1. The third-order valence-electron chi connectivity index (χ3n) is 5.79. The van der Waals surface area contributed by atoms with E-state index in [1.807, 2.05) is 30.6 Å². The van der Waals surface area contributed by atoms with Gasteiger partial charge in [0.2, 0.25) is 11.8 Å². The fraction of sp³-hybridized carbons (Fsp3) is 0.882. The van der Waals surface area contributed by atoms with Crippen LogP contribution in [-0.4, -0.2) is 53.8 Å². The summed E-state index contributed by atoms with van der Waals surface area (Å²) in [4.78, 5) is 29.0. The lowest BCUT2D eigenvalue weighted by Gasteiger charge is -2.40. The zero-order valence-electron chi connectivity index (χ0n) is 14.5. The van der Waals surface area contributed by atoms with Gasteiger partial charge in [0, 0.05) is 37.6 Å². The zero-order valence-corrected chi connectivity index (χ0v) is 15.3. The third kappa shape index (κ3) is 3.36. The molecule has 1 saturated heterocycles. The van der Waals surface area contributed by atoms with Gasteiger partial charge in [-0.15, -0.1) is 12.4 Å². The van der Waals surface area contributed by atoms with Gasteiger partial charge in [0.1, 0.15) is 0 Å². The first kappa shape index (κ1) is 18.5. The van der Waals surface area contributed by atoms with E-state index in [2.05, 4.69) is 0 Å². The van der Waals surface area contributed by atoms with E-state index in [4.69, 9.17) is 5.73 Å². The molecule has 2 saturated carbocycles. The van der Waals surface area contributed by atoms with E-state index in [-0.39, 0.29) is 41.6 Å². The van der Waals surface area contributed by atoms with Crippen molar-refractivity contribution >= 4 is 24.2 Å². The van der Waals surface area contributed by atoms with E-state index in [1.165, 1.54) is 6.42 Å². The molecule has 4 atom stereocenters. The van der Waals surface area contributed by atoms with E-state index < -0.39 is 0 Å². The summed E-state index contributed by atoms with van der Waals surface area (Å²) < 4.78 is 0. The van der Waals surface area contributed by atoms with E-state index >= 15 is 0 Å². The van der Waals surface area contributed by atoms with Crippen molar-refractivity contribution in [3.05, 3.63) is 0 Å². The van der Waals surface area contributed by atoms with Crippen molar-refractivity contribution in [3.8, 4) is 0 Å². The van der Waals surface area contributed by atoms with Gasteiger partial charge in [0.25, 0.3) is 0 Å². The number of hydrogen-bond donors (Lipinski definition) is 1. The topological polar surface area (TPSA) is 66.6 Å². The molecule has 4 unspecified atom stereocenters. The minimum absolute atomic E-state index is 0. The van der Waals surface area contributed by atoms with Crippen molar-refractivity contribution in [1.82, 2.24) is 9.80 Å². The molecule has 0 aromatic rings. The molecule has 2 N–H and O–H groups in total. The summed E-state index contributed by atoms with van der Waals surface area (Å²) in [5.74, 6) is 1.51. The lowest BCUT2D eigenvalue weighted by atomic mass is 9.84. The van der Waals surface area contributed by atoms with Gasteiger partial charge < -0.3 is 15.5 Å². The summed E-state index contributed by atoms with van der Waals surface area (Å²) in [5.41, 5.74) is 5.94. The quantitative estimate of drug-likeness (QED) is 0.784. The number of piperazine rings is 1. The molecule has 0 aromatic heterocycles. The Morgan fingerprint density at radius 2 is 1.48 bits per heavy atom. The fourth-order valence-corrected chi connectivity index (χ4v) is 4.52. The second-order valence-electron chi connectivity index (χ2n) is 8.30. The Balaban J connectivity index is 0.00000192. The van der Waals surface area contributed by atoms with Gasteiger partial charge in [0.15, 0.2) is 0 Å². The van der Waals surface area contributed by atoms with Gasteiger partial charge in [-0.2, -0.15) is 0 Å². The first-order valence-electron chi connectivity index (χ1n) is 8.63. The van der Waals surface area contributed by atoms with Crippen LogP contribution in [0.2, 0.25) is 0 Å². The highest BCUT2D eigenvalue weighted by atomic mass is 35.5. The highest BCUT2D eigenvalue weighted by molar-refractivity contribution is 5.85. The maximum absolute atomic E-state index is 12.8. The van der Waals surface area contributed by atoms with Crippen LogP contribution in [0.3, 0.4) is 0 Å². The van der Waals surface area contributed by atoms with Gasteiger partial charge in [-0.05, 0) is 31.1 Å². The molecule has 0 aromatic carbocycles. The zero-order chi connectivity index (χ0) is 16.1. The van der Waals surface area contributed by atoms with Crippen molar-refractivity contribution < 1.29 is 9.59 Å². The van der Waals surface area contributed by atoms with Crippen LogP contribution in [0.5, 0.6) is 0 Å². The summed E-state index contributed by atoms with van der Waals surface area (Å²) >= 11 is 0. The van der Waals surface area contributed by atoms with Crippen LogP contribution in [0.25, 0.3) is 0 Å². The number of halogens is 1. The van der Waals surface area contributed by atoms with Crippen molar-refractivity contribution in [3.63, 3.8) is 0 Å². The molecule has 1 heterocycles. The maximum Gasteiger partial charge on any atom is 0.228 e. The van der Waals surface area contributed by atoms with Crippen molar-refractivity contribution in [1.29, 1.82) is 0 Å². The largest absolute Gasteiger partial charge is 0.339 e. The van der Waals surface area contributed by atoms with E-state index in [1.54, 1.807) is 0 Å². The molecule has 1 aliphatic heterocycles. The smallest absolute Gasteiger partial charge is 0.228 e. The minimum atomic E-state index is -0.348. The molecule has 2 aliphatic carbocycles. The van der Waals surface area contributed by atoms with E-state index in [0.29, 0.717) is 38.0 Å². The van der Waals surface area contributed by atoms with E-state index in [9.17, 15) is 9.59 Å². The Bertz CT molecular complexity index is 467. The predicted molar refractivity (Wildman–Crippen MR) is 92.2 cm³/mol. The Hall–Kier alpha value is -0.810. The molecule has 0 spiro atoms. The number of carbonyl (C=O) groups is 2. The Morgan fingerprint density at radius 1 is 0.957 bits per heavy atom. The molecular formula is C17H30ClN3O2. The second-order valence-corrected chi connectivity index (χ2v) is 8.30.